The molecule has 13 heteroatoms. The Morgan fingerprint density at radius 2 is 2.09 bits per heavy atom. The number of carboxylic acid groups (broad SMARTS) is 1. The fourth-order valence-electron chi connectivity index (χ4n) is 3.36. The number of aliphatic carboxylic acids is 1. The summed E-state index contributed by atoms with van der Waals surface area (Å²) in [4.78, 5) is 38.4. The van der Waals surface area contributed by atoms with Gasteiger partial charge < -0.3 is 25.7 Å². The van der Waals surface area contributed by atoms with Crippen LogP contribution in [-0.2, 0) is 21.0 Å². The van der Waals surface area contributed by atoms with E-state index in [9.17, 15) is 19.5 Å². The molecule has 32 heavy (non-hydrogen) atoms. The van der Waals surface area contributed by atoms with E-state index in [0.717, 1.165) is 11.8 Å². The van der Waals surface area contributed by atoms with Gasteiger partial charge in [0.25, 0.3) is 11.1 Å². The minimum Gasteiger partial charge on any atom is -0.477 e. The summed E-state index contributed by atoms with van der Waals surface area (Å²) in [6.07, 6.45) is 0. The van der Waals surface area contributed by atoms with Crippen LogP contribution >= 0.6 is 23.5 Å². The van der Waals surface area contributed by atoms with Gasteiger partial charge in [-0.05, 0) is 11.1 Å². The van der Waals surface area contributed by atoms with Crippen molar-refractivity contribution in [1.29, 1.82) is 0 Å². The van der Waals surface area contributed by atoms with Crippen LogP contribution in [0.3, 0.4) is 0 Å². The zero-order valence-corrected chi connectivity index (χ0v) is 18.1. The number of rotatable bonds is 8. The molecule has 2 aromatic rings. The van der Waals surface area contributed by atoms with Crippen molar-refractivity contribution in [3.8, 4) is 0 Å². The molecule has 0 radical (unpaired) electrons. The van der Waals surface area contributed by atoms with E-state index in [1.54, 1.807) is 30.3 Å². The van der Waals surface area contributed by atoms with Crippen molar-refractivity contribution in [3.63, 3.8) is 0 Å². The Morgan fingerprint density at radius 3 is 2.75 bits per heavy atom. The number of thioether (sulfide) groups is 2. The Bertz CT molecular complexity index is 1080. The number of nitrogens with one attached hydrogen (secondary N) is 1. The van der Waals surface area contributed by atoms with Gasteiger partial charge in [0.2, 0.25) is 11.8 Å². The molecule has 2 aliphatic rings. The molecule has 2 aliphatic heterocycles. The first-order chi connectivity index (χ1) is 15.4. The number of carbonyl (C=O) groups is 3. The molecule has 1 unspecified atom stereocenters. The highest BCUT2D eigenvalue weighted by Gasteiger charge is 2.54. The molecule has 3 heterocycles. The average molecular weight is 478 g/mol. The van der Waals surface area contributed by atoms with Crippen LogP contribution in [0.1, 0.15) is 17.5 Å². The van der Waals surface area contributed by atoms with E-state index in [0.29, 0.717) is 16.9 Å². The van der Waals surface area contributed by atoms with E-state index in [-0.39, 0.29) is 22.6 Å². The Hall–Kier alpha value is -2.87. The number of hydrogen-bond acceptors (Lipinski definition) is 10. The molecule has 0 aliphatic carbocycles. The van der Waals surface area contributed by atoms with Crippen LogP contribution in [0.25, 0.3) is 0 Å². The van der Waals surface area contributed by atoms with Crippen molar-refractivity contribution >= 4 is 41.3 Å². The lowest BCUT2D eigenvalue weighted by atomic mass is 10.0. The summed E-state index contributed by atoms with van der Waals surface area (Å²) >= 11 is 2.47. The number of aliphatic hydroxyl groups excluding tert-OH is 1. The van der Waals surface area contributed by atoms with E-state index in [2.05, 4.69) is 15.5 Å². The maximum absolute atomic E-state index is 12.8. The van der Waals surface area contributed by atoms with Crippen LogP contribution in [0.15, 0.2) is 51.2 Å². The first-order valence-corrected chi connectivity index (χ1v) is 11.5. The molecular formula is C19H19N5O6S2. The quantitative estimate of drug-likeness (QED) is 0.300. The molecule has 1 aromatic heterocycles. The first kappa shape index (κ1) is 22.3. The van der Waals surface area contributed by atoms with E-state index in [4.69, 9.17) is 15.3 Å². The van der Waals surface area contributed by atoms with Crippen molar-refractivity contribution in [2.45, 2.75) is 29.3 Å². The number of carbonyl (C=O) groups excluding carboxylic acids is 2. The largest absolute Gasteiger partial charge is 0.477 e. The van der Waals surface area contributed by atoms with Gasteiger partial charge in [-0.3, -0.25) is 14.5 Å². The topological polar surface area (TPSA) is 172 Å². The molecule has 0 spiro atoms. The van der Waals surface area contributed by atoms with Crippen molar-refractivity contribution in [2.24, 2.45) is 5.73 Å². The molecule has 0 bridgehead atoms. The predicted molar refractivity (Wildman–Crippen MR) is 114 cm³/mol. The summed E-state index contributed by atoms with van der Waals surface area (Å²) in [5, 5.41) is 28.4. The van der Waals surface area contributed by atoms with E-state index in [1.165, 1.54) is 16.7 Å². The number of nitrogens with two attached hydrogens (primary N) is 1. The molecule has 1 fully saturated rings. The smallest absolute Gasteiger partial charge is 0.352 e. The van der Waals surface area contributed by atoms with Crippen LogP contribution < -0.4 is 11.1 Å². The van der Waals surface area contributed by atoms with E-state index in [1.807, 2.05) is 0 Å². The first-order valence-electron chi connectivity index (χ1n) is 9.47. The third kappa shape index (κ3) is 4.24. The summed E-state index contributed by atoms with van der Waals surface area (Å²) < 4.78 is 5.20. The van der Waals surface area contributed by atoms with Gasteiger partial charge in [0, 0.05) is 11.5 Å². The van der Waals surface area contributed by atoms with Gasteiger partial charge in [0.05, 0.1) is 0 Å². The number of carboxylic acids is 1. The molecule has 4 rings (SSSR count). The summed E-state index contributed by atoms with van der Waals surface area (Å²) in [5.74, 6) is -1.62. The standard InChI is InChI=1S/C19H19N5O6S2/c20-12(9-4-2-1-3-5-9)15(26)21-13-16(27)24-14(18(28)29)10(7-31-17(13)24)8-32-19-23-22-11(6-25)30-19/h1-5,12-13,17,25H,6-8,20H2,(H,21,26)(H,28,29)/t12?,13-,17-/m0/s1. The summed E-state index contributed by atoms with van der Waals surface area (Å²) in [6, 6.07) is 6.98. The molecule has 168 valence electrons. The molecule has 1 saturated heterocycles. The summed E-state index contributed by atoms with van der Waals surface area (Å²) in [5.41, 5.74) is 7.02. The lowest BCUT2D eigenvalue weighted by Crippen LogP contribution is -2.71. The van der Waals surface area contributed by atoms with Crippen molar-refractivity contribution < 1.29 is 29.0 Å². The van der Waals surface area contributed by atoms with Gasteiger partial charge in [0.15, 0.2) is 0 Å². The monoisotopic (exact) mass is 477 g/mol. The van der Waals surface area contributed by atoms with Crippen LogP contribution in [0.5, 0.6) is 0 Å². The van der Waals surface area contributed by atoms with Crippen LogP contribution in [0.2, 0.25) is 0 Å². The van der Waals surface area contributed by atoms with Crippen LogP contribution in [0, 0.1) is 0 Å². The number of aliphatic hydroxyl groups is 1. The number of fused-ring (bicyclic) bond motifs is 1. The molecule has 1 aromatic carbocycles. The van der Waals surface area contributed by atoms with Gasteiger partial charge in [-0.1, -0.05) is 42.1 Å². The second kappa shape index (κ2) is 9.32. The Balaban J connectivity index is 1.44. The highest BCUT2D eigenvalue weighted by molar-refractivity contribution is 8.01. The number of benzene rings is 1. The van der Waals surface area contributed by atoms with Crippen LogP contribution in [-0.4, -0.2) is 66.0 Å². The Kier molecular flexibility index (Phi) is 6.50. The van der Waals surface area contributed by atoms with Gasteiger partial charge in [-0.2, -0.15) is 0 Å². The van der Waals surface area contributed by atoms with Gasteiger partial charge in [-0.15, -0.1) is 22.0 Å². The normalized spacial score (nSPS) is 21.1. The molecule has 3 atom stereocenters. The number of hydrogen-bond donors (Lipinski definition) is 4. The predicted octanol–water partition coefficient (Wildman–Crippen LogP) is 0.0926. The minimum atomic E-state index is -1.23. The van der Waals surface area contributed by atoms with Crippen LogP contribution in [0.4, 0.5) is 0 Å². The van der Waals surface area contributed by atoms with E-state index >= 15 is 0 Å². The van der Waals surface area contributed by atoms with Gasteiger partial charge >= 0.3 is 5.97 Å². The molecular weight excluding hydrogens is 458 g/mol. The molecule has 5 N–H and O–H groups in total. The van der Waals surface area contributed by atoms with E-state index < -0.39 is 41.8 Å². The lowest BCUT2D eigenvalue weighted by Gasteiger charge is -2.49. The summed E-state index contributed by atoms with van der Waals surface area (Å²) in [6.45, 7) is -0.391. The van der Waals surface area contributed by atoms with Crippen molar-refractivity contribution in [1.82, 2.24) is 20.4 Å². The fraction of sp³-hybridized carbons (Fsp3) is 0.316. The number of amides is 2. The third-order valence-electron chi connectivity index (χ3n) is 4.94. The molecule has 11 nitrogen and oxygen atoms in total. The minimum absolute atomic E-state index is 0.0586. The maximum Gasteiger partial charge on any atom is 0.352 e. The zero-order chi connectivity index (χ0) is 22.8. The van der Waals surface area contributed by atoms with Gasteiger partial charge in [-0.25, -0.2) is 4.79 Å². The van der Waals surface area contributed by atoms with Crippen molar-refractivity contribution in [2.75, 3.05) is 11.5 Å². The Morgan fingerprint density at radius 1 is 1.34 bits per heavy atom. The lowest BCUT2D eigenvalue weighted by molar-refractivity contribution is -0.150. The van der Waals surface area contributed by atoms with Gasteiger partial charge in [0.1, 0.15) is 29.8 Å². The Labute approximate surface area is 190 Å². The second-order valence-electron chi connectivity index (χ2n) is 6.95. The zero-order valence-electron chi connectivity index (χ0n) is 16.5. The SMILES string of the molecule is NC(C(=O)N[C@H]1C(=O)N2C(C(=O)O)=C(CSc3nnc(CO)o3)CS[C@@H]12)c1ccccc1. The second-order valence-corrected chi connectivity index (χ2v) is 8.98. The number of aromatic nitrogens is 2. The fourth-order valence-corrected chi connectivity index (χ4v) is 5.62. The highest BCUT2D eigenvalue weighted by atomic mass is 32.2. The average Bonchev–Trinajstić information content (AvgIpc) is 3.28. The maximum atomic E-state index is 12.8. The third-order valence-corrected chi connectivity index (χ3v) is 7.19. The highest BCUT2D eigenvalue weighted by Crippen LogP contribution is 2.41. The number of nitrogens with zero attached hydrogens (tertiary/aromatic N) is 3. The number of β-lactam (4-membered cyclic amide) rings is 1. The molecule has 0 saturated carbocycles. The molecule has 2 amide bonds. The summed E-state index contributed by atoms with van der Waals surface area (Å²) in [7, 11) is 0. The van der Waals surface area contributed by atoms with Crippen molar-refractivity contribution in [3.05, 3.63) is 53.1 Å².